The minimum absolute atomic E-state index is 0.0798. The van der Waals surface area contributed by atoms with Crippen molar-refractivity contribution in [3.05, 3.63) is 59.7 Å². The van der Waals surface area contributed by atoms with Crippen molar-refractivity contribution in [2.75, 3.05) is 49.9 Å². The highest BCUT2D eigenvalue weighted by atomic mass is 16.2. The van der Waals surface area contributed by atoms with Crippen molar-refractivity contribution in [3.8, 4) is 0 Å². The minimum Gasteiger partial charge on any atom is -0.326 e. The summed E-state index contributed by atoms with van der Waals surface area (Å²) in [6.45, 7) is 15.0. The molecule has 0 fully saturated rings. The number of carbonyl (C=O) groups excluding carboxylic acids is 2. The predicted molar refractivity (Wildman–Crippen MR) is 221 cm³/mol. The van der Waals surface area contributed by atoms with Crippen LogP contribution in [-0.2, 0) is 16.0 Å². The summed E-state index contributed by atoms with van der Waals surface area (Å²) >= 11 is 0. The van der Waals surface area contributed by atoms with Crippen molar-refractivity contribution < 1.29 is 9.59 Å². The van der Waals surface area contributed by atoms with Crippen LogP contribution >= 0.6 is 0 Å². The zero-order valence-electron chi connectivity index (χ0n) is 33.4. The Balaban J connectivity index is 1.84. The third kappa shape index (κ3) is 22.8. The van der Waals surface area contributed by atoms with E-state index in [4.69, 9.17) is 0 Å². The smallest absolute Gasteiger partial charge is 0.225 e. The molecule has 0 radical (unpaired) electrons. The number of anilines is 2. The Morgan fingerprint density at radius 1 is 0.451 bits per heavy atom. The second-order valence-electron chi connectivity index (χ2n) is 14.8. The molecule has 288 valence electrons. The first-order chi connectivity index (χ1) is 25.0. The zero-order chi connectivity index (χ0) is 36.8. The lowest BCUT2D eigenvalue weighted by Gasteiger charge is -2.22. The lowest BCUT2D eigenvalue weighted by molar-refractivity contribution is -0.117. The van der Waals surface area contributed by atoms with Gasteiger partial charge in [-0.3, -0.25) is 9.59 Å². The summed E-state index contributed by atoms with van der Waals surface area (Å²) in [4.78, 5) is 31.0. The molecule has 0 saturated carbocycles. The molecule has 0 saturated heterocycles. The van der Waals surface area contributed by atoms with Gasteiger partial charge in [-0.15, -0.1) is 0 Å². The quantitative estimate of drug-likeness (QED) is 0.0744. The van der Waals surface area contributed by atoms with Gasteiger partial charge in [-0.2, -0.15) is 0 Å². The SMILES string of the molecule is CCCCCCCCN(CCCCC)CCC(=O)Nc1cccc(Cc2cccc(NC(=O)CCN(CCCCC)CCCCCCCC)c2)c1. The third-order valence-corrected chi connectivity index (χ3v) is 9.95. The van der Waals surface area contributed by atoms with Crippen molar-refractivity contribution in [3.63, 3.8) is 0 Å². The summed E-state index contributed by atoms with van der Waals surface area (Å²) in [6, 6.07) is 16.4. The lowest BCUT2D eigenvalue weighted by atomic mass is 10.0. The fourth-order valence-corrected chi connectivity index (χ4v) is 6.79. The van der Waals surface area contributed by atoms with Crippen LogP contribution in [0.1, 0.15) is 167 Å². The molecule has 0 atom stereocenters. The molecule has 2 rings (SSSR count). The Morgan fingerprint density at radius 2 is 0.784 bits per heavy atom. The van der Waals surface area contributed by atoms with Gasteiger partial charge in [0.05, 0.1) is 0 Å². The van der Waals surface area contributed by atoms with Crippen LogP contribution in [0, 0.1) is 0 Å². The third-order valence-electron chi connectivity index (χ3n) is 9.95. The maximum absolute atomic E-state index is 13.0. The molecule has 2 aromatic rings. The summed E-state index contributed by atoms with van der Waals surface area (Å²) in [5.74, 6) is 0.160. The maximum atomic E-state index is 13.0. The number of hydrogen-bond donors (Lipinski definition) is 2. The molecule has 0 unspecified atom stereocenters. The van der Waals surface area contributed by atoms with E-state index in [1.807, 2.05) is 24.3 Å². The number of nitrogens with one attached hydrogen (secondary N) is 2. The van der Waals surface area contributed by atoms with Crippen molar-refractivity contribution in [1.82, 2.24) is 9.80 Å². The second-order valence-corrected chi connectivity index (χ2v) is 14.8. The second kappa shape index (κ2) is 29.8. The van der Waals surface area contributed by atoms with Gasteiger partial charge in [-0.25, -0.2) is 0 Å². The average Bonchev–Trinajstić information content (AvgIpc) is 3.12. The number of amides is 2. The Bertz CT molecular complexity index is 1080. The number of unbranched alkanes of at least 4 members (excludes halogenated alkanes) is 14. The molecule has 6 heteroatoms. The first-order valence-electron chi connectivity index (χ1n) is 21.2. The van der Waals surface area contributed by atoms with E-state index < -0.39 is 0 Å². The van der Waals surface area contributed by atoms with E-state index in [-0.39, 0.29) is 11.8 Å². The molecule has 2 N–H and O–H groups in total. The van der Waals surface area contributed by atoms with Crippen LogP contribution in [0.4, 0.5) is 11.4 Å². The average molecular weight is 705 g/mol. The molecule has 0 aliphatic carbocycles. The molecule has 51 heavy (non-hydrogen) atoms. The number of benzene rings is 2. The Labute approximate surface area is 313 Å². The van der Waals surface area contributed by atoms with Gasteiger partial charge < -0.3 is 20.4 Å². The highest BCUT2D eigenvalue weighted by molar-refractivity contribution is 5.91. The highest BCUT2D eigenvalue weighted by Gasteiger charge is 2.11. The van der Waals surface area contributed by atoms with E-state index >= 15 is 0 Å². The van der Waals surface area contributed by atoms with E-state index in [1.54, 1.807) is 0 Å². The molecule has 0 bridgehead atoms. The number of rotatable bonds is 32. The first-order valence-corrected chi connectivity index (χ1v) is 21.2. The summed E-state index contributed by atoms with van der Waals surface area (Å²) in [6.07, 6.45) is 24.7. The van der Waals surface area contributed by atoms with Crippen molar-refractivity contribution >= 4 is 23.2 Å². The Morgan fingerprint density at radius 3 is 1.18 bits per heavy atom. The molecule has 0 aromatic heterocycles. The molecule has 2 amide bonds. The standard InChI is InChI=1S/C45H76N4O2/c1-5-9-13-15-17-21-33-48(31-19-11-7-3)35-29-44(50)46-42-27-23-25-40(38-42)37-41-26-24-28-43(39-41)47-45(51)30-36-49(32-20-12-8-4)34-22-18-16-14-10-6-2/h23-28,38-39H,5-22,29-37H2,1-4H3,(H,46,50)(H,47,51). The van der Waals surface area contributed by atoms with Gasteiger partial charge in [-0.05, 0) is 93.7 Å². The largest absolute Gasteiger partial charge is 0.326 e. The Hall–Kier alpha value is -2.70. The molecule has 0 spiro atoms. The van der Waals surface area contributed by atoms with E-state index in [0.29, 0.717) is 12.8 Å². The van der Waals surface area contributed by atoms with Gasteiger partial charge in [0.2, 0.25) is 11.8 Å². The number of nitrogens with zero attached hydrogens (tertiary/aromatic N) is 2. The van der Waals surface area contributed by atoms with Crippen LogP contribution in [0.25, 0.3) is 0 Å². The van der Waals surface area contributed by atoms with Crippen molar-refractivity contribution in [2.24, 2.45) is 0 Å². The normalized spacial score (nSPS) is 11.4. The number of carbonyl (C=O) groups is 2. The summed E-state index contributed by atoms with van der Waals surface area (Å²) in [5.41, 5.74) is 3.97. The first kappa shape index (κ1) is 44.5. The molecule has 2 aromatic carbocycles. The fourth-order valence-electron chi connectivity index (χ4n) is 6.79. The van der Waals surface area contributed by atoms with E-state index in [2.05, 4.69) is 72.4 Å². The van der Waals surface area contributed by atoms with Crippen molar-refractivity contribution in [2.45, 2.75) is 163 Å². The molecule has 0 heterocycles. The van der Waals surface area contributed by atoms with Gasteiger partial charge >= 0.3 is 0 Å². The van der Waals surface area contributed by atoms with Gasteiger partial charge in [0.25, 0.3) is 0 Å². The van der Waals surface area contributed by atoms with E-state index in [1.165, 1.54) is 116 Å². The molecule has 0 aliphatic heterocycles. The van der Waals surface area contributed by atoms with Gasteiger partial charge in [0, 0.05) is 37.3 Å². The highest BCUT2D eigenvalue weighted by Crippen LogP contribution is 2.19. The molecular weight excluding hydrogens is 629 g/mol. The van der Waals surface area contributed by atoms with E-state index in [0.717, 1.165) is 68.2 Å². The molecular formula is C45H76N4O2. The van der Waals surface area contributed by atoms with Crippen LogP contribution in [0.2, 0.25) is 0 Å². The molecule has 6 nitrogen and oxygen atoms in total. The Kier molecular flexibility index (Phi) is 26.0. The number of hydrogen-bond acceptors (Lipinski definition) is 4. The topological polar surface area (TPSA) is 64.7 Å². The lowest BCUT2D eigenvalue weighted by Crippen LogP contribution is -2.30. The van der Waals surface area contributed by atoms with E-state index in [9.17, 15) is 9.59 Å². The van der Waals surface area contributed by atoms with Crippen molar-refractivity contribution in [1.29, 1.82) is 0 Å². The minimum atomic E-state index is 0.0798. The fraction of sp³-hybridized carbons (Fsp3) is 0.689. The molecule has 0 aliphatic rings. The van der Waals surface area contributed by atoms with Crippen LogP contribution in [-0.4, -0.2) is 60.9 Å². The van der Waals surface area contributed by atoms with Crippen LogP contribution in [0.5, 0.6) is 0 Å². The van der Waals surface area contributed by atoms with Gasteiger partial charge in [0.15, 0.2) is 0 Å². The maximum Gasteiger partial charge on any atom is 0.225 e. The van der Waals surface area contributed by atoms with Crippen LogP contribution < -0.4 is 10.6 Å². The van der Waals surface area contributed by atoms with Crippen LogP contribution in [0.3, 0.4) is 0 Å². The van der Waals surface area contributed by atoms with Gasteiger partial charge in [-0.1, -0.05) is 142 Å². The summed E-state index contributed by atoms with van der Waals surface area (Å²) < 4.78 is 0. The predicted octanol–water partition coefficient (Wildman–Crippen LogP) is 11.6. The summed E-state index contributed by atoms with van der Waals surface area (Å²) in [7, 11) is 0. The van der Waals surface area contributed by atoms with Crippen LogP contribution in [0.15, 0.2) is 48.5 Å². The summed E-state index contributed by atoms with van der Waals surface area (Å²) in [5, 5.41) is 6.31. The van der Waals surface area contributed by atoms with Gasteiger partial charge in [0.1, 0.15) is 0 Å². The zero-order valence-corrected chi connectivity index (χ0v) is 33.4. The monoisotopic (exact) mass is 705 g/mol.